The number of amides is 1. The lowest BCUT2D eigenvalue weighted by molar-refractivity contribution is 0.0675. The Morgan fingerprint density at radius 2 is 1.78 bits per heavy atom. The summed E-state index contributed by atoms with van der Waals surface area (Å²) in [5, 5.41) is 8.80. The molecule has 3 aromatic rings. The van der Waals surface area contributed by atoms with Crippen LogP contribution in [0.2, 0.25) is 5.02 Å². The molecule has 170 valence electrons. The molecule has 1 saturated heterocycles. The minimum atomic E-state index is -3.66. The zero-order valence-electron chi connectivity index (χ0n) is 17.7. The number of rotatable bonds is 6. The first-order chi connectivity index (χ1) is 15.3. The fourth-order valence-corrected chi connectivity index (χ4v) is 5.18. The lowest BCUT2D eigenvalue weighted by Gasteiger charge is -2.33. The van der Waals surface area contributed by atoms with Crippen LogP contribution in [0.25, 0.3) is 0 Å². The molecule has 10 nitrogen and oxygen atoms in total. The molecular weight excluding hydrogens is 456 g/mol. The molecule has 32 heavy (non-hydrogen) atoms. The van der Waals surface area contributed by atoms with Gasteiger partial charge >= 0.3 is 0 Å². The van der Waals surface area contributed by atoms with E-state index in [2.05, 4.69) is 10.2 Å². The standard InChI is InChI=1S/C20H23ClN6O4S/c1-15-19(13-23-24(15)2)32(29,30)26-11-9-25(10-12-26)20(28)18-7-8-22-27(18)14-31-17-5-3-16(21)4-6-17/h3-8,13H,9-12,14H2,1-2H3. The highest BCUT2D eigenvalue weighted by Crippen LogP contribution is 2.21. The molecule has 1 amide bonds. The summed E-state index contributed by atoms with van der Waals surface area (Å²) in [5.74, 6) is 0.379. The number of nitrogens with zero attached hydrogens (tertiary/aromatic N) is 6. The van der Waals surface area contributed by atoms with Crippen molar-refractivity contribution in [2.75, 3.05) is 26.2 Å². The number of sulfonamides is 1. The van der Waals surface area contributed by atoms with Gasteiger partial charge in [-0.3, -0.25) is 9.48 Å². The normalized spacial score (nSPS) is 15.2. The van der Waals surface area contributed by atoms with Crippen LogP contribution in [0.3, 0.4) is 0 Å². The fraction of sp³-hybridized carbons (Fsp3) is 0.350. The lowest BCUT2D eigenvalue weighted by Crippen LogP contribution is -2.50. The molecule has 0 radical (unpaired) electrons. The van der Waals surface area contributed by atoms with Gasteiger partial charge in [-0.25, -0.2) is 13.1 Å². The lowest BCUT2D eigenvalue weighted by atomic mass is 10.3. The third-order valence-electron chi connectivity index (χ3n) is 5.44. The molecule has 12 heteroatoms. The molecule has 0 N–H and O–H groups in total. The van der Waals surface area contributed by atoms with Crippen molar-refractivity contribution in [3.8, 4) is 5.75 Å². The summed E-state index contributed by atoms with van der Waals surface area (Å²) in [6, 6.07) is 8.52. The molecule has 1 aliphatic heterocycles. The Morgan fingerprint density at radius 3 is 2.41 bits per heavy atom. The smallest absolute Gasteiger partial charge is 0.272 e. The summed E-state index contributed by atoms with van der Waals surface area (Å²) in [5.41, 5.74) is 0.950. The van der Waals surface area contributed by atoms with Crippen LogP contribution in [0.5, 0.6) is 5.75 Å². The second-order valence-electron chi connectivity index (χ2n) is 7.36. The van der Waals surface area contributed by atoms with Crippen LogP contribution >= 0.6 is 11.6 Å². The van der Waals surface area contributed by atoms with Crippen LogP contribution in [0.15, 0.2) is 47.6 Å². The number of halogens is 1. The van der Waals surface area contributed by atoms with Crippen molar-refractivity contribution in [2.24, 2.45) is 7.05 Å². The molecule has 1 fully saturated rings. The molecule has 4 rings (SSSR count). The number of aryl methyl sites for hydroxylation is 1. The summed E-state index contributed by atoms with van der Waals surface area (Å²) >= 11 is 5.88. The van der Waals surface area contributed by atoms with E-state index in [1.54, 1.807) is 49.2 Å². The zero-order valence-corrected chi connectivity index (χ0v) is 19.3. The van der Waals surface area contributed by atoms with Crippen molar-refractivity contribution in [3.05, 3.63) is 59.1 Å². The minimum Gasteiger partial charge on any atom is -0.471 e. The van der Waals surface area contributed by atoms with E-state index in [0.29, 0.717) is 22.2 Å². The van der Waals surface area contributed by atoms with Gasteiger partial charge in [-0.15, -0.1) is 0 Å². The van der Waals surface area contributed by atoms with Gasteiger partial charge in [0.1, 0.15) is 16.3 Å². The van der Waals surface area contributed by atoms with Crippen LogP contribution < -0.4 is 4.74 Å². The van der Waals surface area contributed by atoms with E-state index in [4.69, 9.17) is 16.3 Å². The number of ether oxygens (including phenoxy) is 1. The van der Waals surface area contributed by atoms with Crippen molar-refractivity contribution in [1.82, 2.24) is 28.8 Å². The van der Waals surface area contributed by atoms with Crippen LogP contribution in [0.4, 0.5) is 0 Å². The van der Waals surface area contributed by atoms with Gasteiger partial charge in [0.15, 0.2) is 6.73 Å². The summed E-state index contributed by atoms with van der Waals surface area (Å²) in [4.78, 5) is 14.8. The molecule has 0 unspecified atom stereocenters. The Bertz CT molecular complexity index is 1210. The number of piperazine rings is 1. The summed E-state index contributed by atoms with van der Waals surface area (Å²) in [6.07, 6.45) is 2.89. The van der Waals surface area contributed by atoms with E-state index in [-0.39, 0.29) is 43.7 Å². The van der Waals surface area contributed by atoms with Gasteiger partial charge in [0, 0.05) is 44.4 Å². The molecule has 2 aromatic heterocycles. The van der Waals surface area contributed by atoms with Crippen molar-refractivity contribution in [1.29, 1.82) is 0 Å². The number of carbonyl (C=O) groups is 1. The Kier molecular flexibility index (Phi) is 6.22. The SMILES string of the molecule is Cc1c(S(=O)(=O)N2CCN(C(=O)c3ccnn3COc3ccc(Cl)cc3)CC2)cnn1C. The largest absolute Gasteiger partial charge is 0.471 e. The van der Waals surface area contributed by atoms with Crippen LogP contribution in [-0.2, 0) is 23.8 Å². The van der Waals surface area contributed by atoms with Gasteiger partial charge < -0.3 is 9.64 Å². The highest BCUT2D eigenvalue weighted by Gasteiger charge is 2.33. The van der Waals surface area contributed by atoms with E-state index in [1.165, 1.54) is 26.1 Å². The highest BCUT2D eigenvalue weighted by molar-refractivity contribution is 7.89. The third kappa shape index (κ3) is 4.36. The van der Waals surface area contributed by atoms with E-state index in [1.807, 2.05) is 0 Å². The van der Waals surface area contributed by atoms with Crippen molar-refractivity contribution in [3.63, 3.8) is 0 Å². The fourth-order valence-electron chi connectivity index (χ4n) is 3.45. The van der Waals surface area contributed by atoms with Gasteiger partial charge in [0.2, 0.25) is 10.0 Å². The van der Waals surface area contributed by atoms with Crippen molar-refractivity contribution >= 4 is 27.5 Å². The van der Waals surface area contributed by atoms with E-state index in [9.17, 15) is 13.2 Å². The van der Waals surface area contributed by atoms with Crippen LogP contribution in [0.1, 0.15) is 16.2 Å². The van der Waals surface area contributed by atoms with Crippen molar-refractivity contribution in [2.45, 2.75) is 18.6 Å². The second kappa shape index (κ2) is 8.93. The first-order valence-electron chi connectivity index (χ1n) is 9.95. The first kappa shape index (κ1) is 22.3. The maximum absolute atomic E-state index is 13.0. The second-order valence-corrected chi connectivity index (χ2v) is 9.70. The number of carbonyl (C=O) groups excluding carboxylic acids is 1. The van der Waals surface area contributed by atoms with Gasteiger partial charge in [-0.1, -0.05) is 11.6 Å². The van der Waals surface area contributed by atoms with Gasteiger partial charge in [0.05, 0.1) is 11.9 Å². The van der Waals surface area contributed by atoms with Gasteiger partial charge in [-0.05, 0) is 37.3 Å². The quantitative estimate of drug-likeness (QED) is 0.535. The molecule has 0 atom stereocenters. The average Bonchev–Trinajstić information content (AvgIpc) is 3.40. The molecule has 1 aliphatic rings. The summed E-state index contributed by atoms with van der Waals surface area (Å²) in [6.45, 7) is 2.74. The van der Waals surface area contributed by atoms with Gasteiger partial charge in [-0.2, -0.15) is 14.5 Å². The average molecular weight is 479 g/mol. The molecule has 0 saturated carbocycles. The van der Waals surface area contributed by atoms with E-state index in [0.717, 1.165) is 0 Å². The Morgan fingerprint density at radius 1 is 1.09 bits per heavy atom. The molecule has 0 aliphatic carbocycles. The Hall–Kier alpha value is -2.89. The maximum Gasteiger partial charge on any atom is 0.272 e. The molecule has 0 spiro atoms. The zero-order chi connectivity index (χ0) is 22.9. The third-order valence-corrected chi connectivity index (χ3v) is 7.69. The topological polar surface area (TPSA) is 103 Å². The van der Waals surface area contributed by atoms with Gasteiger partial charge in [0.25, 0.3) is 5.91 Å². The van der Waals surface area contributed by atoms with Crippen LogP contribution in [-0.4, -0.2) is 69.3 Å². The molecule has 3 heterocycles. The van der Waals surface area contributed by atoms with E-state index < -0.39 is 10.0 Å². The maximum atomic E-state index is 13.0. The number of hydrogen-bond donors (Lipinski definition) is 0. The highest BCUT2D eigenvalue weighted by atomic mass is 35.5. The molecule has 1 aromatic carbocycles. The predicted octanol–water partition coefficient (Wildman–Crippen LogP) is 1.76. The summed E-state index contributed by atoms with van der Waals surface area (Å²) < 4.78 is 36.0. The molecular formula is C20H23ClN6O4S. The van der Waals surface area contributed by atoms with Crippen molar-refractivity contribution < 1.29 is 17.9 Å². The number of benzene rings is 1. The minimum absolute atomic E-state index is 0.0599. The van der Waals surface area contributed by atoms with E-state index >= 15 is 0 Å². The predicted molar refractivity (Wildman–Crippen MR) is 117 cm³/mol. The summed E-state index contributed by atoms with van der Waals surface area (Å²) in [7, 11) is -1.96. The first-order valence-corrected chi connectivity index (χ1v) is 11.8. The number of aromatic nitrogens is 4. The monoisotopic (exact) mass is 478 g/mol. The molecule has 0 bridgehead atoms. The number of hydrogen-bond acceptors (Lipinski definition) is 6. The Balaban J connectivity index is 1.39. The Labute approximate surface area is 191 Å². The van der Waals surface area contributed by atoms with Crippen LogP contribution in [0, 0.1) is 6.92 Å².